The second-order valence-corrected chi connectivity index (χ2v) is 6.01. The van der Waals surface area contributed by atoms with Gasteiger partial charge in [0.2, 0.25) is 0 Å². The molecule has 24 heavy (non-hydrogen) atoms. The molecule has 0 aromatic carbocycles. The van der Waals surface area contributed by atoms with E-state index in [1.165, 1.54) is 32.1 Å². The number of carbonyl (C=O) groups excluding carboxylic acids is 1. The van der Waals surface area contributed by atoms with Crippen LogP contribution in [0.5, 0.6) is 0 Å². The van der Waals surface area contributed by atoms with Gasteiger partial charge in [0.1, 0.15) is 5.57 Å². The molecule has 3 nitrogen and oxygen atoms in total. The van der Waals surface area contributed by atoms with Crippen LogP contribution in [0.4, 0.5) is 0 Å². The van der Waals surface area contributed by atoms with E-state index in [0.717, 1.165) is 30.5 Å². The van der Waals surface area contributed by atoms with Crippen LogP contribution in [0.3, 0.4) is 0 Å². The van der Waals surface area contributed by atoms with Gasteiger partial charge in [-0.1, -0.05) is 52.0 Å². The predicted molar refractivity (Wildman–Crippen MR) is 94.8 cm³/mol. The maximum atomic E-state index is 12.2. The first kappa shape index (κ1) is 22.6. The Morgan fingerprint density at radius 2 is 1.54 bits per heavy atom. The number of hydrogen-bond acceptors (Lipinski definition) is 2. The Labute approximate surface area is 153 Å². The Bertz CT molecular complexity index is 486. The minimum Gasteiger partial charge on any atom is -1.00 e. The molecule has 0 amide bonds. The zero-order valence-corrected chi connectivity index (χ0v) is 16.1. The Hall–Kier alpha value is -1.35. The zero-order chi connectivity index (χ0) is 16.9. The smallest absolute Gasteiger partial charge is 0.340 e. The third-order valence-electron chi connectivity index (χ3n) is 3.97. The molecule has 1 rings (SSSR count). The number of carbonyl (C=O) groups is 1. The van der Waals surface area contributed by atoms with E-state index in [1.807, 2.05) is 44.4 Å². The summed E-state index contributed by atoms with van der Waals surface area (Å²) >= 11 is 0. The Morgan fingerprint density at radius 3 is 2.17 bits per heavy atom. The number of allylic oxidation sites excluding steroid dienone is 1. The molecule has 0 unspecified atom stereocenters. The summed E-state index contributed by atoms with van der Waals surface area (Å²) in [6.45, 7) is 6.61. The van der Waals surface area contributed by atoms with Crippen LogP contribution < -0.4 is 17.0 Å². The molecule has 0 radical (unpaired) electrons. The molecule has 4 heteroatoms. The number of unbranched alkanes of at least 4 members (excludes halogenated alkanes) is 5. The molecule has 136 valence electrons. The molecule has 0 aliphatic heterocycles. The third-order valence-corrected chi connectivity index (χ3v) is 3.97. The normalized spacial score (nSPS) is 11.5. The molecular weight excluding hydrogens is 322 g/mol. The van der Waals surface area contributed by atoms with Gasteiger partial charge >= 0.3 is 5.97 Å². The van der Waals surface area contributed by atoms with E-state index in [2.05, 4.69) is 11.5 Å². The second kappa shape index (κ2) is 14.0. The first-order valence-corrected chi connectivity index (χ1v) is 9.04. The summed E-state index contributed by atoms with van der Waals surface area (Å²) in [6.07, 6.45) is 13.3. The van der Waals surface area contributed by atoms with Gasteiger partial charge in [0, 0.05) is 18.6 Å². The highest BCUT2D eigenvalue weighted by Crippen LogP contribution is 2.16. The molecule has 0 saturated carbocycles. The maximum Gasteiger partial charge on any atom is 0.340 e. The number of pyridine rings is 1. The van der Waals surface area contributed by atoms with E-state index < -0.39 is 0 Å². The van der Waals surface area contributed by atoms with Crippen LogP contribution in [0.15, 0.2) is 36.2 Å². The lowest BCUT2D eigenvalue weighted by Crippen LogP contribution is -3.00. The van der Waals surface area contributed by atoms with Gasteiger partial charge in [-0.05, 0) is 19.8 Å². The molecule has 0 bridgehead atoms. The molecule has 0 N–H and O–H groups in total. The van der Waals surface area contributed by atoms with Crippen LogP contribution in [0.25, 0.3) is 5.70 Å². The van der Waals surface area contributed by atoms with E-state index in [-0.39, 0.29) is 18.4 Å². The van der Waals surface area contributed by atoms with Crippen molar-refractivity contribution >= 4 is 11.7 Å². The monoisotopic (exact) mass is 353 g/mol. The van der Waals surface area contributed by atoms with Gasteiger partial charge in [-0.25, -0.2) is 4.79 Å². The first-order chi connectivity index (χ1) is 11.2. The van der Waals surface area contributed by atoms with E-state index in [4.69, 9.17) is 4.74 Å². The fraction of sp³-hybridized carbons (Fsp3) is 0.600. The molecule has 0 saturated heterocycles. The Morgan fingerprint density at radius 1 is 0.917 bits per heavy atom. The van der Waals surface area contributed by atoms with Crippen LogP contribution in [0.2, 0.25) is 0 Å². The standard InChI is InChI=1S/C20H32NO2.ClH/c1-4-6-7-8-9-11-14-19(21-15-12-10-13-16-21)18(3)20(22)23-17-5-2;/h10,12-13,15-16H,4-9,11,14,17H2,1-3H3;1H/q+1;/p-1. The third kappa shape index (κ3) is 8.49. The number of ether oxygens (including phenoxy) is 1. The van der Waals surface area contributed by atoms with Crippen molar-refractivity contribution in [3.63, 3.8) is 0 Å². The highest BCUT2D eigenvalue weighted by molar-refractivity contribution is 5.92. The van der Waals surface area contributed by atoms with Crippen molar-refractivity contribution in [2.45, 2.75) is 72.1 Å². The number of esters is 1. The minimum absolute atomic E-state index is 0. The number of aromatic nitrogens is 1. The lowest BCUT2D eigenvalue weighted by Gasteiger charge is -2.08. The molecule has 0 spiro atoms. The van der Waals surface area contributed by atoms with Crippen LogP contribution >= 0.6 is 0 Å². The lowest BCUT2D eigenvalue weighted by molar-refractivity contribution is -0.584. The van der Waals surface area contributed by atoms with Crippen LogP contribution in [0, 0.1) is 0 Å². The number of hydrogen-bond donors (Lipinski definition) is 0. The minimum atomic E-state index is -0.191. The summed E-state index contributed by atoms with van der Waals surface area (Å²) in [5.41, 5.74) is 1.78. The van der Waals surface area contributed by atoms with Crippen molar-refractivity contribution in [2.24, 2.45) is 0 Å². The predicted octanol–water partition coefficient (Wildman–Crippen LogP) is 1.91. The largest absolute Gasteiger partial charge is 1.00 e. The van der Waals surface area contributed by atoms with Gasteiger partial charge in [0.25, 0.3) is 0 Å². The lowest BCUT2D eigenvalue weighted by atomic mass is 10.1. The number of rotatable bonds is 11. The first-order valence-electron chi connectivity index (χ1n) is 9.04. The molecule has 0 aliphatic carbocycles. The Balaban J connectivity index is 0.00000529. The molecule has 1 heterocycles. The quantitative estimate of drug-likeness (QED) is 0.263. The van der Waals surface area contributed by atoms with Crippen molar-refractivity contribution in [1.29, 1.82) is 0 Å². The summed E-state index contributed by atoms with van der Waals surface area (Å²) in [6, 6.07) is 5.97. The van der Waals surface area contributed by atoms with E-state index in [9.17, 15) is 4.79 Å². The van der Waals surface area contributed by atoms with E-state index in [0.29, 0.717) is 6.61 Å². The molecule has 0 aliphatic rings. The van der Waals surface area contributed by atoms with Gasteiger partial charge in [-0.15, -0.1) is 0 Å². The van der Waals surface area contributed by atoms with Crippen molar-refractivity contribution in [2.75, 3.05) is 6.61 Å². The molecule has 1 aromatic heterocycles. The second-order valence-electron chi connectivity index (χ2n) is 6.01. The van der Waals surface area contributed by atoms with E-state index >= 15 is 0 Å². The fourth-order valence-electron chi connectivity index (χ4n) is 2.58. The van der Waals surface area contributed by atoms with Crippen LogP contribution in [0.1, 0.15) is 72.1 Å². The fourth-order valence-corrected chi connectivity index (χ4v) is 2.58. The summed E-state index contributed by atoms with van der Waals surface area (Å²) in [7, 11) is 0. The summed E-state index contributed by atoms with van der Waals surface area (Å²) in [4.78, 5) is 12.2. The number of nitrogens with zero attached hydrogens (tertiary/aromatic N) is 1. The van der Waals surface area contributed by atoms with Gasteiger partial charge < -0.3 is 17.1 Å². The molecule has 0 atom stereocenters. The van der Waals surface area contributed by atoms with Gasteiger partial charge in [-0.3, -0.25) is 0 Å². The van der Waals surface area contributed by atoms with Gasteiger partial charge in [0.05, 0.1) is 6.61 Å². The SMILES string of the molecule is CCCCCCCCC(=C(C)C(=O)OCCC)[n+]1ccccc1.[Cl-]. The highest BCUT2D eigenvalue weighted by Gasteiger charge is 2.19. The van der Waals surface area contributed by atoms with Gasteiger partial charge in [0.15, 0.2) is 18.1 Å². The maximum absolute atomic E-state index is 12.2. The average molecular weight is 354 g/mol. The van der Waals surface area contributed by atoms with E-state index in [1.54, 1.807) is 0 Å². The van der Waals surface area contributed by atoms with Crippen molar-refractivity contribution < 1.29 is 26.5 Å². The van der Waals surface area contributed by atoms with Crippen LogP contribution in [-0.2, 0) is 9.53 Å². The average Bonchev–Trinajstić information content (AvgIpc) is 2.59. The summed E-state index contributed by atoms with van der Waals surface area (Å²) in [5.74, 6) is -0.191. The van der Waals surface area contributed by atoms with Crippen molar-refractivity contribution in [3.05, 3.63) is 36.2 Å². The van der Waals surface area contributed by atoms with Crippen molar-refractivity contribution in [1.82, 2.24) is 0 Å². The molecule has 1 aromatic rings. The summed E-state index contributed by atoms with van der Waals surface area (Å²) < 4.78 is 7.35. The van der Waals surface area contributed by atoms with Crippen LogP contribution in [-0.4, -0.2) is 12.6 Å². The highest BCUT2D eigenvalue weighted by atomic mass is 35.5. The number of halogens is 1. The Kier molecular flexibility index (Phi) is 13.2. The zero-order valence-electron chi connectivity index (χ0n) is 15.4. The van der Waals surface area contributed by atoms with Crippen molar-refractivity contribution in [3.8, 4) is 0 Å². The topological polar surface area (TPSA) is 30.2 Å². The molecular formula is C20H32ClNO2. The van der Waals surface area contributed by atoms with Gasteiger partial charge in [-0.2, -0.15) is 4.57 Å². The summed E-state index contributed by atoms with van der Waals surface area (Å²) in [5, 5.41) is 0. The molecule has 0 fully saturated rings.